The fourth-order valence-corrected chi connectivity index (χ4v) is 3.45. The SMILES string of the molecule is OCc1ccc2c(c1)nc(-c1cc(Br)ccn1)n2CCc1ccc(F)cc1. The largest absolute Gasteiger partial charge is 0.392 e. The van der Waals surface area contributed by atoms with E-state index in [0.717, 1.165) is 44.6 Å². The lowest BCUT2D eigenvalue weighted by atomic mass is 10.1. The summed E-state index contributed by atoms with van der Waals surface area (Å²) >= 11 is 3.49. The number of benzene rings is 2. The predicted octanol–water partition coefficient (Wildman–Crippen LogP) is 4.73. The molecule has 4 rings (SSSR count). The molecule has 0 radical (unpaired) electrons. The van der Waals surface area contributed by atoms with Crippen LogP contribution in [0.5, 0.6) is 0 Å². The first kappa shape index (κ1) is 17.8. The molecule has 2 heterocycles. The number of nitrogens with zero attached hydrogens (tertiary/aromatic N) is 3. The van der Waals surface area contributed by atoms with Gasteiger partial charge in [-0.2, -0.15) is 0 Å². The summed E-state index contributed by atoms with van der Waals surface area (Å²) in [6.07, 6.45) is 2.48. The normalized spacial score (nSPS) is 11.2. The van der Waals surface area contributed by atoms with Gasteiger partial charge in [-0.3, -0.25) is 4.98 Å². The van der Waals surface area contributed by atoms with E-state index in [1.54, 1.807) is 18.3 Å². The monoisotopic (exact) mass is 425 g/mol. The van der Waals surface area contributed by atoms with Crippen molar-refractivity contribution in [3.8, 4) is 11.5 Å². The van der Waals surface area contributed by atoms with Crippen LogP contribution in [0.1, 0.15) is 11.1 Å². The zero-order chi connectivity index (χ0) is 18.8. The van der Waals surface area contributed by atoms with Crippen molar-refractivity contribution in [2.75, 3.05) is 0 Å². The lowest BCUT2D eigenvalue weighted by Gasteiger charge is -2.10. The highest BCUT2D eigenvalue weighted by molar-refractivity contribution is 9.10. The molecule has 0 atom stereocenters. The molecular formula is C21H17BrFN3O. The van der Waals surface area contributed by atoms with Gasteiger partial charge in [0, 0.05) is 17.2 Å². The Morgan fingerprint density at radius 3 is 2.52 bits per heavy atom. The first-order valence-electron chi connectivity index (χ1n) is 8.60. The Hall–Kier alpha value is -2.57. The van der Waals surface area contributed by atoms with Crippen molar-refractivity contribution < 1.29 is 9.50 Å². The molecule has 0 bridgehead atoms. The second kappa shape index (κ2) is 7.58. The Balaban J connectivity index is 1.78. The van der Waals surface area contributed by atoms with E-state index in [0.29, 0.717) is 6.54 Å². The molecule has 0 aliphatic heterocycles. The second-order valence-corrected chi connectivity index (χ2v) is 7.22. The van der Waals surface area contributed by atoms with Crippen LogP contribution in [-0.2, 0) is 19.6 Å². The van der Waals surface area contributed by atoms with Gasteiger partial charge in [-0.15, -0.1) is 0 Å². The van der Waals surface area contributed by atoms with Gasteiger partial charge in [0.05, 0.1) is 17.6 Å². The van der Waals surface area contributed by atoms with Crippen LogP contribution in [-0.4, -0.2) is 19.6 Å². The summed E-state index contributed by atoms with van der Waals surface area (Å²) < 4.78 is 16.2. The van der Waals surface area contributed by atoms with Gasteiger partial charge in [-0.05, 0) is 53.9 Å². The van der Waals surface area contributed by atoms with Crippen molar-refractivity contribution in [3.63, 3.8) is 0 Å². The first-order valence-corrected chi connectivity index (χ1v) is 9.40. The number of aliphatic hydroxyl groups excluding tert-OH is 1. The number of aryl methyl sites for hydroxylation is 2. The molecule has 27 heavy (non-hydrogen) atoms. The molecule has 0 aliphatic rings. The van der Waals surface area contributed by atoms with E-state index in [2.05, 4.69) is 25.5 Å². The van der Waals surface area contributed by atoms with Crippen molar-refractivity contribution in [2.24, 2.45) is 0 Å². The van der Waals surface area contributed by atoms with Crippen molar-refractivity contribution in [1.29, 1.82) is 0 Å². The van der Waals surface area contributed by atoms with Crippen molar-refractivity contribution in [3.05, 3.63) is 82.2 Å². The molecule has 0 aliphatic carbocycles. The fourth-order valence-electron chi connectivity index (χ4n) is 3.11. The van der Waals surface area contributed by atoms with Gasteiger partial charge in [0.15, 0.2) is 5.82 Å². The van der Waals surface area contributed by atoms with E-state index in [9.17, 15) is 9.50 Å². The van der Waals surface area contributed by atoms with Crippen molar-refractivity contribution in [1.82, 2.24) is 14.5 Å². The number of hydrogen-bond donors (Lipinski definition) is 1. The molecule has 1 N–H and O–H groups in total. The molecule has 6 heteroatoms. The fraction of sp³-hybridized carbons (Fsp3) is 0.143. The van der Waals surface area contributed by atoms with Gasteiger partial charge in [0.25, 0.3) is 0 Å². The Bertz CT molecular complexity index is 1090. The van der Waals surface area contributed by atoms with Gasteiger partial charge >= 0.3 is 0 Å². The standard InChI is InChI=1S/C21H17BrFN3O/c22-16-7-9-24-19(12-16)21-25-18-11-15(13-27)3-6-20(18)26(21)10-8-14-1-4-17(23)5-2-14/h1-7,9,11-12,27H,8,10,13H2. The summed E-state index contributed by atoms with van der Waals surface area (Å²) in [5, 5.41) is 9.42. The lowest BCUT2D eigenvalue weighted by Crippen LogP contribution is -2.04. The summed E-state index contributed by atoms with van der Waals surface area (Å²) in [6, 6.07) is 16.1. The third-order valence-electron chi connectivity index (χ3n) is 4.48. The number of halogens is 2. The summed E-state index contributed by atoms with van der Waals surface area (Å²) in [4.78, 5) is 9.23. The van der Waals surface area contributed by atoms with E-state index in [1.165, 1.54) is 12.1 Å². The number of aliphatic hydroxyl groups is 1. The van der Waals surface area contributed by atoms with E-state index < -0.39 is 0 Å². The molecule has 2 aromatic carbocycles. The number of rotatable bonds is 5. The van der Waals surface area contributed by atoms with Crippen LogP contribution in [0.2, 0.25) is 0 Å². The lowest BCUT2D eigenvalue weighted by molar-refractivity contribution is 0.282. The third kappa shape index (κ3) is 3.77. The molecule has 4 nitrogen and oxygen atoms in total. The maximum Gasteiger partial charge on any atom is 0.159 e. The van der Waals surface area contributed by atoms with Crippen LogP contribution in [0.4, 0.5) is 4.39 Å². The van der Waals surface area contributed by atoms with Crippen LogP contribution in [0.15, 0.2) is 65.3 Å². The summed E-state index contributed by atoms with van der Waals surface area (Å²) in [7, 11) is 0. The molecule has 0 unspecified atom stereocenters. The highest BCUT2D eigenvalue weighted by Gasteiger charge is 2.14. The molecule has 0 amide bonds. The van der Waals surface area contributed by atoms with Gasteiger partial charge in [0.2, 0.25) is 0 Å². The molecule has 0 saturated heterocycles. The first-order chi connectivity index (χ1) is 13.1. The van der Waals surface area contributed by atoms with Crippen molar-refractivity contribution >= 4 is 27.0 Å². The minimum Gasteiger partial charge on any atom is -0.392 e. The van der Waals surface area contributed by atoms with Crippen LogP contribution in [0, 0.1) is 5.82 Å². The summed E-state index contributed by atoms with van der Waals surface area (Å²) in [6.45, 7) is 0.660. The Labute approximate surface area is 164 Å². The predicted molar refractivity (Wildman–Crippen MR) is 107 cm³/mol. The maximum absolute atomic E-state index is 13.2. The highest BCUT2D eigenvalue weighted by Crippen LogP contribution is 2.26. The van der Waals surface area contributed by atoms with Gasteiger partial charge < -0.3 is 9.67 Å². The average molecular weight is 426 g/mol. The molecule has 2 aromatic heterocycles. The number of aromatic nitrogens is 3. The number of pyridine rings is 1. The van der Waals surface area contributed by atoms with Crippen LogP contribution >= 0.6 is 15.9 Å². The summed E-state index contributed by atoms with van der Waals surface area (Å²) in [5.41, 5.74) is 4.44. The molecule has 0 spiro atoms. The third-order valence-corrected chi connectivity index (χ3v) is 4.98. The quantitative estimate of drug-likeness (QED) is 0.502. The van der Waals surface area contributed by atoms with Crippen molar-refractivity contribution in [2.45, 2.75) is 19.6 Å². The molecule has 0 fully saturated rings. The van der Waals surface area contributed by atoms with Crippen LogP contribution in [0.3, 0.4) is 0 Å². The Morgan fingerprint density at radius 2 is 1.78 bits per heavy atom. The topological polar surface area (TPSA) is 50.9 Å². The number of hydrogen-bond acceptors (Lipinski definition) is 3. The minimum absolute atomic E-state index is 0.0250. The van der Waals surface area contributed by atoms with E-state index >= 15 is 0 Å². The minimum atomic E-state index is -0.234. The number of imidazole rings is 1. The maximum atomic E-state index is 13.2. The molecule has 0 saturated carbocycles. The zero-order valence-electron chi connectivity index (χ0n) is 14.4. The Morgan fingerprint density at radius 1 is 1.00 bits per heavy atom. The van der Waals surface area contributed by atoms with Gasteiger partial charge in [-0.25, -0.2) is 9.37 Å². The van der Waals surface area contributed by atoms with Gasteiger partial charge in [-0.1, -0.05) is 34.1 Å². The smallest absolute Gasteiger partial charge is 0.159 e. The molecule has 136 valence electrons. The van der Waals surface area contributed by atoms with E-state index in [4.69, 9.17) is 4.98 Å². The Kier molecular flexibility index (Phi) is 5.01. The zero-order valence-corrected chi connectivity index (χ0v) is 16.0. The molecule has 4 aromatic rings. The molecular weight excluding hydrogens is 409 g/mol. The summed E-state index contributed by atoms with van der Waals surface area (Å²) in [5.74, 6) is 0.533. The van der Waals surface area contributed by atoms with Gasteiger partial charge in [0.1, 0.15) is 11.5 Å². The highest BCUT2D eigenvalue weighted by atomic mass is 79.9. The number of fused-ring (bicyclic) bond motifs is 1. The van der Waals surface area contributed by atoms with E-state index in [-0.39, 0.29) is 12.4 Å². The second-order valence-electron chi connectivity index (χ2n) is 6.30. The van der Waals surface area contributed by atoms with Crippen LogP contribution < -0.4 is 0 Å². The van der Waals surface area contributed by atoms with E-state index in [1.807, 2.05) is 30.3 Å². The average Bonchev–Trinajstić information content (AvgIpc) is 3.05. The van der Waals surface area contributed by atoms with Crippen LogP contribution in [0.25, 0.3) is 22.6 Å².